The van der Waals surface area contributed by atoms with Gasteiger partial charge in [-0.15, -0.1) is 0 Å². The molecule has 0 amide bonds. The van der Waals surface area contributed by atoms with Gasteiger partial charge in [-0.1, -0.05) is 0 Å². The largest absolute Gasteiger partial charge is 0.480 e. The second-order valence-electron chi connectivity index (χ2n) is 3.36. The minimum Gasteiger partial charge on any atom is -0.480 e. The number of Topliss-reactive ketones (excluding diaryl/α,β-unsaturated/α-hetero) is 1. The summed E-state index contributed by atoms with van der Waals surface area (Å²) in [6.07, 6.45) is 0.567. The van der Waals surface area contributed by atoms with Crippen LogP contribution in [0.15, 0.2) is 0 Å². The molecule has 0 aromatic heterocycles. The molecule has 1 aliphatic heterocycles. The van der Waals surface area contributed by atoms with Crippen LogP contribution in [0.3, 0.4) is 0 Å². The maximum atomic E-state index is 11.4. The Hall–Kier alpha value is -0.940. The molecular formula is C8H14N2O3. The molecule has 1 fully saturated rings. The highest BCUT2D eigenvalue weighted by Crippen LogP contribution is 2.17. The molecule has 5 heteroatoms. The third-order valence-corrected chi connectivity index (χ3v) is 2.30. The van der Waals surface area contributed by atoms with Gasteiger partial charge < -0.3 is 16.2 Å². The molecular weight excluding hydrogens is 172 g/mol. The number of aliphatic carboxylic acids is 1. The van der Waals surface area contributed by atoms with Crippen molar-refractivity contribution >= 4 is 11.8 Å². The van der Waals surface area contributed by atoms with Crippen LogP contribution in [0.1, 0.15) is 13.3 Å². The van der Waals surface area contributed by atoms with Crippen molar-refractivity contribution in [3.63, 3.8) is 0 Å². The Labute approximate surface area is 76.3 Å². The van der Waals surface area contributed by atoms with Gasteiger partial charge >= 0.3 is 5.97 Å². The molecule has 1 rings (SSSR count). The number of nitrogens with one attached hydrogen (secondary N) is 1. The molecule has 0 radical (unpaired) electrons. The zero-order chi connectivity index (χ0) is 10.0. The van der Waals surface area contributed by atoms with Gasteiger partial charge in [-0.25, -0.2) is 0 Å². The summed E-state index contributed by atoms with van der Waals surface area (Å²) < 4.78 is 0. The average molecular weight is 186 g/mol. The molecule has 0 bridgehead atoms. The summed E-state index contributed by atoms with van der Waals surface area (Å²) in [7, 11) is 0. The molecule has 1 aliphatic rings. The number of nitrogens with two attached hydrogens (primary N) is 1. The first-order chi connectivity index (χ1) is 6.04. The normalized spacial score (nSPS) is 30.0. The summed E-state index contributed by atoms with van der Waals surface area (Å²) in [4.78, 5) is 22.1. The topological polar surface area (TPSA) is 92.4 Å². The van der Waals surface area contributed by atoms with Crippen molar-refractivity contribution in [1.29, 1.82) is 0 Å². The third-order valence-electron chi connectivity index (χ3n) is 2.30. The highest BCUT2D eigenvalue weighted by molar-refractivity contribution is 5.91. The summed E-state index contributed by atoms with van der Waals surface area (Å²) in [5.41, 5.74) is 5.41. The number of hydrogen-bond acceptors (Lipinski definition) is 4. The Bertz CT molecular complexity index is 227. The SMILES string of the molecule is C[C@H](N)C(=O)C1CCNC1C(=O)O. The Balaban J connectivity index is 2.68. The smallest absolute Gasteiger partial charge is 0.321 e. The van der Waals surface area contributed by atoms with Gasteiger partial charge in [0.15, 0.2) is 5.78 Å². The fraction of sp³-hybridized carbons (Fsp3) is 0.750. The van der Waals surface area contributed by atoms with Gasteiger partial charge in [0, 0.05) is 5.92 Å². The van der Waals surface area contributed by atoms with Crippen LogP contribution >= 0.6 is 0 Å². The lowest BCUT2D eigenvalue weighted by Gasteiger charge is -2.15. The van der Waals surface area contributed by atoms with E-state index in [0.717, 1.165) is 0 Å². The first-order valence-electron chi connectivity index (χ1n) is 4.29. The third kappa shape index (κ3) is 2.05. The van der Waals surface area contributed by atoms with Crippen LogP contribution in [-0.2, 0) is 9.59 Å². The number of hydrogen-bond donors (Lipinski definition) is 3. The van der Waals surface area contributed by atoms with E-state index in [0.29, 0.717) is 13.0 Å². The number of carboxylic acid groups (broad SMARTS) is 1. The van der Waals surface area contributed by atoms with E-state index in [2.05, 4.69) is 5.32 Å². The first kappa shape index (κ1) is 10.1. The van der Waals surface area contributed by atoms with Crippen LogP contribution in [-0.4, -0.2) is 35.5 Å². The molecule has 5 nitrogen and oxygen atoms in total. The Morgan fingerprint density at radius 2 is 2.23 bits per heavy atom. The second kappa shape index (κ2) is 3.85. The quantitative estimate of drug-likeness (QED) is 0.524. The highest BCUT2D eigenvalue weighted by Gasteiger charge is 2.38. The number of carboxylic acids is 1. The fourth-order valence-electron chi connectivity index (χ4n) is 1.61. The second-order valence-corrected chi connectivity index (χ2v) is 3.36. The molecule has 1 heterocycles. The van der Waals surface area contributed by atoms with Crippen LogP contribution in [0.25, 0.3) is 0 Å². The zero-order valence-corrected chi connectivity index (χ0v) is 7.49. The Kier molecular flexibility index (Phi) is 3.00. The van der Waals surface area contributed by atoms with E-state index >= 15 is 0 Å². The molecule has 74 valence electrons. The molecule has 0 saturated carbocycles. The van der Waals surface area contributed by atoms with Crippen molar-refractivity contribution < 1.29 is 14.7 Å². The van der Waals surface area contributed by atoms with E-state index in [1.807, 2.05) is 0 Å². The Morgan fingerprint density at radius 3 is 2.69 bits per heavy atom. The van der Waals surface area contributed by atoms with Gasteiger partial charge in [0.2, 0.25) is 0 Å². The minimum absolute atomic E-state index is 0.169. The van der Waals surface area contributed by atoms with E-state index < -0.39 is 24.0 Å². The van der Waals surface area contributed by atoms with E-state index in [9.17, 15) is 9.59 Å². The van der Waals surface area contributed by atoms with Crippen LogP contribution in [0.2, 0.25) is 0 Å². The lowest BCUT2D eigenvalue weighted by atomic mass is 9.92. The van der Waals surface area contributed by atoms with Crippen molar-refractivity contribution in [1.82, 2.24) is 5.32 Å². The van der Waals surface area contributed by atoms with Gasteiger partial charge in [-0.2, -0.15) is 0 Å². The molecule has 0 aromatic carbocycles. The fourth-order valence-corrected chi connectivity index (χ4v) is 1.61. The summed E-state index contributed by atoms with van der Waals surface area (Å²) in [5, 5.41) is 11.5. The van der Waals surface area contributed by atoms with Crippen LogP contribution < -0.4 is 11.1 Å². The van der Waals surface area contributed by atoms with Crippen molar-refractivity contribution in [2.75, 3.05) is 6.54 Å². The standard InChI is InChI=1S/C8H14N2O3/c1-4(9)7(11)5-2-3-10-6(5)8(12)13/h4-6,10H,2-3,9H2,1H3,(H,12,13)/t4-,5?,6?/m0/s1. The predicted molar refractivity (Wildman–Crippen MR) is 46.2 cm³/mol. The van der Waals surface area contributed by atoms with Gasteiger partial charge in [0.05, 0.1) is 6.04 Å². The first-order valence-corrected chi connectivity index (χ1v) is 4.29. The average Bonchev–Trinajstić information content (AvgIpc) is 2.50. The number of carbonyl (C=O) groups excluding carboxylic acids is 1. The van der Waals surface area contributed by atoms with Gasteiger partial charge in [-0.05, 0) is 19.9 Å². The summed E-state index contributed by atoms with van der Waals surface area (Å²) >= 11 is 0. The van der Waals surface area contributed by atoms with E-state index in [4.69, 9.17) is 10.8 Å². The van der Waals surface area contributed by atoms with Crippen LogP contribution in [0, 0.1) is 5.92 Å². The predicted octanol–water partition coefficient (Wildman–Crippen LogP) is -1.03. The van der Waals surface area contributed by atoms with Gasteiger partial charge in [0.25, 0.3) is 0 Å². The van der Waals surface area contributed by atoms with Gasteiger partial charge in [0.1, 0.15) is 6.04 Å². The van der Waals surface area contributed by atoms with E-state index in [1.54, 1.807) is 6.92 Å². The lowest BCUT2D eigenvalue weighted by molar-refractivity contribution is -0.142. The maximum Gasteiger partial charge on any atom is 0.321 e. The molecule has 0 aromatic rings. The van der Waals surface area contributed by atoms with E-state index in [1.165, 1.54) is 0 Å². The molecule has 3 atom stereocenters. The van der Waals surface area contributed by atoms with Crippen LogP contribution in [0.5, 0.6) is 0 Å². The van der Waals surface area contributed by atoms with Crippen molar-refractivity contribution in [2.45, 2.75) is 25.4 Å². The molecule has 4 N–H and O–H groups in total. The molecule has 2 unspecified atom stereocenters. The van der Waals surface area contributed by atoms with E-state index in [-0.39, 0.29) is 5.78 Å². The monoisotopic (exact) mass is 186 g/mol. The molecule has 0 spiro atoms. The zero-order valence-electron chi connectivity index (χ0n) is 7.49. The number of rotatable bonds is 3. The van der Waals surface area contributed by atoms with Crippen molar-refractivity contribution in [2.24, 2.45) is 11.7 Å². The molecule has 0 aliphatic carbocycles. The minimum atomic E-state index is -0.975. The highest BCUT2D eigenvalue weighted by atomic mass is 16.4. The van der Waals surface area contributed by atoms with Crippen molar-refractivity contribution in [3.05, 3.63) is 0 Å². The molecule has 13 heavy (non-hydrogen) atoms. The number of ketones is 1. The maximum absolute atomic E-state index is 11.4. The molecule has 1 saturated heterocycles. The summed E-state index contributed by atoms with van der Waals surface area (Å²) in [5.74, 6) is -1.61. The Morgan fingerprint density at radius 1 is 1.62 bits per heavy atom. The summed E-state index contributed by atoms with van der Waals surface area (Å²) in [6, 6.07) is -1.33. The summed E-state index contributed by atoms with van der Waals surface area (Å²) in [6.45, 7) is 2.15. The van der Waals surface area contributed by atoms with Crippen LogP contribution in [0.4, 0.5) is 0 Å². The lowest BCUT2D eigenvalue weighted by Crippen LogP contribution is -2.43. The van der Waals surface area contributed by atoms with Crippen molar-refractivity contribution in [3.8, 4) is 0 Å². The van der Waals surface area contributed by atoms with Gasteiger partial charge in [-0.3, -0.25) is 9.59 Å². The number of carbonyl (C=O) groups is 2.